The molecule has 1 aromatic carbocycles. The van der Waals surface area contributed by atoms with Crippen LogP contribution in [0.15, 0.2) is 12.1 Å². The van der Waals surface area contributed by atoms with Crippen LogP contribution in [-0.4, -0.2) is 11.9 Å². The van der Waals surface area contributed by atoms with E-state index >= 15 is 0 Å². The molecule has 0 atom stereocenters. The Bertz CT molecular complexity index is 428. The average molecular weight is 403 g/mol. The molecule has 0 unspecified atom stereocenters. The van der Waals surface area contributed by atoms with E-state index in [2.05, 4.69) is 4.74 Å². The molecular formula is C9H6AcNO3-. The molecule has 0 aliphatic carbocycles. The molecule has 4 nitrogen and oxygen atoms in total. The number of benzene rings is 1. The number of ether oxygens (including phenoxy) is 1. The summed E-state index contributed by atoms with van der Waals surface area (Å²) in [5.41, 5.74) is 8.56. The van der Waals surface area contributed by atoms with Gasteiger partial charge in [0.15, 0.2) is 0 Å². The fraction of sp³-hybridized carbons (Fsp3) is 0.111. The Balaban J connectivity index is 0.000000980. The molecule has 5 heteroatoms. The van der Waals surface area contributed by atoms with E-state index in [-0.39, 0.29) is 60.9 Å². The summed E-state index contributed by atoms with van der Waals surface area (Å²) < 4.78 is 4.37. The van der Waals surface area contributed by atoms with Crippen molar-refractivity contribution >= 4 is 17.6 Å². The third-order valence-electron chi connectivity index (χ3n) is 2.02. The maximum Gasteiger partial charge on any atom is 0.346 e. The normalized spacial score (nSPS) is 13.2. The van der Waals surface area contributed by atoms with Crippen molar-refractivity contribution in [1.29, 1.82) is 0 Å². The van der Waals surface area contributed by atoms with Crippen LogP contribution in [0.5, 0.6) is 0 Å². The largest absolute Gasteiger partial charge is 0.698 e. The van der Waals surface area contributed by atoms with Gasteiger partial charge in [-0.25, -0.2) is 9.59 Å². The Morgan fingerprint density at radius 1 is 1.21 bits per heavy atom. The van der Waals surface area contributed by atoms with Gasteiger partial charge in [-0.15, -0.1) is 5.69 Å². The predicted octanol–water partition coefficient (Wildman–Crippen LogP) is 1.99. The first-order chi connectivity index (χ1) is 6.11. The number of hydrogen-bond acceptors (Lipinski definition) is 3. The van der Waals surface area contributed by atoms with Crippen LogP contribution in [0.25, 0.3) is 5.73 Å². The fourth-order valence-electron chi connectivity index (χ4n) is 1.28. The van der Waals surface area contributed by atoms with Gasteiger partial charge < -0.3 is 10.5 Å². The Morgan fingerprint density at radius 2 is 1.86 bits per heavy atom. The summed E-state index contributed by atoms with van der Waals surface area (Å²) in [5, 5.41) is 0. The fourth-order valence-corrected chi connectivity index (χ4v) is 1.28. The van der Waals surface area contributed by atoms with Gasteiger partial charge in [0.2, 0.25) is 0 Å². The number of nitrogens with one attached hydrogen (secondary N) is 1. The second-order valence-electron chi connectivity index (χ2n) is 2.86. The first-order valence-electron chi connectivity index (χ1n) is 3.73. The summed E-state index contributed by atoms with van der Waals surface area (Å²) >= 11 is 0. The maximum absolute atomic E-state index is 11.1. The molecule has 1 aliphatic rings. The van der Waals surface area contributed by atoms with Crippen LogP contribution in [0, 0.1) is 51.0 Å². The molecule has 69 valence electrons. The van der Waals surface area contributed by atoms with Crippen LogP contribution in [0.3, 0.4) is 0 Å². The van der Waals surface area contributed by atoms with Gasteiger partial charge in [-0.3, -0.25) is 0 Å². The van der Waals surface area contributed by atoms with E-state index in [1.807, 2.05) is 0 Å². The minimum absolute atomic E-state index is 0. The van der Waals surface area contributed by atoms with Gasteiger partial charge in [-0.1, -0.05) is 11.6 Å². The van der Waals surface area contributed by atoms with Gasteiger partial charge in [0.05, 0.1) is 11.1 Å². The number of hydrogen-bond donors (Lipinski definition) is 0. The Labute approximate surface area is 116 Å². The number of carbonyl (C=O) groups excluding carboxylic acids is 2. The molecule has 0 saturated heterocycles. The predicted molar refractivity (Wildman–Crippen MR) is 44.9 cm³/mol. The van der Waals surface area contributed by atoms with Crippen LogP contribution in [0.2, 0.25) is 0 Å². The molecule has 1 aromatic rings. The van der Waals surface area contributed by atoms with Crippen molar-refractivity contribution in [1.82, 2.24) is 0 Å². The van der Waals surface area contributed by atoms with Crippen LogP contribution in [-0.2, 0) is 4.74 Å². The van der Waals surface area contributed by atoms with Crippen LogP contribution in [0.4, 0.5) is 5.69 Å². The smallest absolute Gasteiger partial charge is 0.346 e. The number of aryl methyl sites for hydroxylation is 1. The monoisotopic (exact) mass is 403 g/mol. The summed E-state index contributed by atoms with van der Waals surface area (Å²) in [6.45, 7) is 1.71. The van der Waals surface area contributed by atoms with E-state index in [1.54, 1.807) is 13.0 Å². The van der Waals surface area contributed by atoms with Gasteiger partial charge in [-0.05, 0) is 13.0 Å². The van der Waals surface area contributed by atoms with Crippen LogP contribution in [0.1, 0.15) is 26.3 Å². The van der Waals surface area contributed by atoms with Gasteiger partial charge in [0.1, 0.15) is 0 Å². The third-order valence-corrected chi connectivity index (χ3v) is 2.02. The topological polar surface area (TPSA) is 67.2 Å². The van der Waals surface area contributed by atoms with Gasteiger partial charge in [0, 0.05) is 44.1 Å². The first kappa shape index (κ1) is 11.7. The molecule has 0 spiro atoms. The van der Waals surface area contributed by atoms with Crippen LogP contribution < -0.4 is 0 Å². The van der Waals surface area contributed by atoms with Crippen molar-refractivity contribution in [2.45, 2.75) is 6.92 Å². The average Bonchev–Trinajstić information content (AvgIpc) is 2.35. The van der Waals surface area contributed by atoms with Gasteiger partial charge >= 0.3 is 11.9 Å². The zero-order valence-corrected chi connectivity index (χ0v) is 12.2. The summed E-state index contributed by atoms with van der Waals surface area (Å²) in [6.07, 6.45) is 0. The molecule has 1 N–H and O–H groups in total. The number of esters is 2. The van der Waals surface area contributed by atoms with Crippen molar-refractivity contribution in [3.05, 3.63) is 34.6 Å². The number of fused-ring (bicyclic) bond motifs is 1. The Morgan fingerprint density at radius 3 is 2.50 bits per heavy atom. The van der Waals surface area contributed by atoms with Gasteiger partial charge in [0.25, 0.3) is 0 Å². The quantitative estimate of drug-likeness (QED) is 0.492. The molecular weight excluding hydrogens is 397 g/mol. The van der Waals surface area contributed by atoms with E-state index in [4.69, 9.17) is 5.73 Å². The van der Waals surface area contributed by atoms with Crippen LogP contribution >= 0.6 is 0 Å². The zero-order valence-electron chi connectivity index (χ0n) is 7.46. The first-order valence-corrected chi connectivity index (χ1v) is 3.73. The van der Waals surface area contributed by atoms with Gasteiger partial charge in [-0.2, -0.15) is 0 Å². The second-order valence-corrected chi connectivity index (χ2v) is 2.86. The SMILES string of the molecule is Cc1ccc2c(c1[NH-])C(=O)OC2=O.[Ac]. The third kappa shape index (κ3) is 1.59. The van der Waals surface area contributed by atoms with Crippen molar-refractivity contribution < 1.29 is 58.4 Å². The Kier molecular flexibility index (Phi) is 3.33. The molecule has 1 aliphatic heterocycles. The standard InChI is InChI=1S/C9H7NO3.Ac/c1-4-2-3-5-6(7(4)10)9(12)13-8(5)11;/h2-3H,1H3,(H2,10,12);/p-1. The molecule has 0 fully saturated rings. The van der Waals surface area contributed by atoms with Crippen molar-refractivity contribution in [2.24, 2.45) is 0 Å². The van der Waals surface area contributed by atoms with Crippen molar-refractivity contribution in [3.8, 4) is 0 Å². The summed E-state index contributed by atoms with van der Waals surface area (Å²) in [5.74, 6) is -1.37. The summed E-state index contributed by atoms with van der Waals surface area (Å²) in [6, 6.07) is 3.14. The minimum Gasteiger partial charge on any atom is -0.698 e. The maximum atomic E-state index is 11.1. The molecule has 0 aromatic heterocycles. The zero-order chi connectivity index (χ0) is 9.59. The number of carbonyl (C=O) groups is 2. The number of rotatable bonds is 0. The van der Waals surface area contributed by atoms with Crippen molar-refractivity contribution in [3.63, 3.8) is 0 Å². The van der Waals surface area contributed by atoms with E-state index < -0.39 is 11.9 Å². The molecule has 2 rings (SSSR count). The number of cyclic esters (lactones) is 2. The summed E-state index contributed by atoms with van der Waals surface area (Å²) in [4.78, 5) is 22.1. The second kappa shape index (κ2) is 4.00. The molecule has 0 amide bonds. The van der Waals surface area contributed by atoms with E-state index in [1.165, 1.54) is 6.07 Å². The summed E-state index contributed by atoms with van der Waals surface area (Å²) in [7, 11) is 0. The van der Waals surface area contributed by atoms with E-state index in [0.29, 0.717) is 5.56 Å². The van der Waals surface area contributed by atoms with E-state index in [0.717, 1.165) is 0 Å². The van der Waals surface area contributed by atoms with E-state index in [9.17, 15) is 9.59 Å². The molecule has 0 bridgehead atoms. The van der Waals surface area contributed by atoms with Crippen molar-refractivity contribution in [2.75, 3.05) is 0 Å². The Hall–Kier alpha value is -0.398. The molecule has 14 heavy (non-hydrogen) atoms. The molecule has 1 heterocycles. The minimum atomic E-state index is -0.714. The molecule has 1 radical (unpaired) electrons. The molecule has 0 saturated carbocycles.